The summed E-state index contributed by atoms with van der Waals surface area (Å²) in [6.07, 6.45) is 0. The molecule has 1 heterocycles. The lowest BCUT2D eigenvalue weighted by atomic mass is 10.2. The number of fused-ring (bicyclic) bond motifs is 1. The number of benzene rings is 2. The quantitative estimate of drug-likeness (QED) is 0.635. The van der Waals surface area contributed by atoms with Crippen molar-refractivity contribution in [1.29, 1.82) is 0 Å². The minimum absolute atomic E-state index is 0.107. The molecule has 136 valence electrons. The van der Waals surface area contributed by atoms with E-state index in [0.717, 1.165) is 26.8 Å². The standard InChI is InChI=1S/C20H23N3OS2/c1-15-9-10-17-18(13-15)26-20(21-17)23(12-11-22(2)3)19(24)14-25-16-7-5-4-6-8-16/h4-10,13H,11-12,14H2,1-3H3/p+1. The molecule has 0 radical (unpaired) electrons. The van der Waals surface area contributed by atoms with Crippen LogP contribution in [0.1, 0.15) is 5.56 Å². The van der Waals surface area contributed by atoms with Crippen molar-refractivity contribution >= 4 is 44.4 Å². The van der Waals surface area contributed by atoms with Crippen LogP contribution in [-0.4, -0.2) is 43.8 Å². The van der Waals surface area contributed by atoms with Gasteiger partial charge in [-0.25, -0.2) is 4.98 Å². The van der Waals surface area contributed by atoms with Crippen LogP contribution in [0.15, 0.2) is 53.4 Å². The van der Waals surface area contributed by atoms with E-state index in [-0.39, 0.29) is 5.91 Å². The Balaban J connectivity index is 1.79. The molecule has 0 saturated heterocycles. The predicted molar refractivity (Wildman–Crippen MR) is 112 cm³/mol. The van der Waals surface area contributed by atoms with Crippen molar-refractivity contribution < 1.29 is 9.69 Å². The van der Waals surface area contributed by atoms with E-state index in [1.807, 2.05) is 41.3 Å². The van der Waals surface area contributed by atoms with E-state index in [1.54, 1.807) is 23.1 Å². The number of amides is 1. The van der Waals surface area contributed by atoms with Crippen molar-refractivity contribution in [2.24, 2.45) is 0 Å². The van der Waals surface area contributed by atoms with Crippen LogP contribution in [0.25, 0.3) is 10.2 Å². The summed E-state index contributed by atoms with van der Waals surface area (Å²) in [6.45, 7) is 3.64. The number of anilines is 1. The molecule has 0 unspecified atom stereocenters. The number of rotatable bonds is 7. The van der Waals surface area contributed by atoms with Crippen molar-refractivity contribution in [3.05, 3.63) is 54.1 Å². The van der Waals surface area contributed by atoms with Gasteiger partial charge in [-0.15, -0.1) is 11.8 Å². The maximum atomic E-state index is 12.9. The average molecular weight is 387 g/mol. The Hall–Kier alpha value is -1.89. The molecule has 3 aromatic rings. The number of nitrogens with zero attached hydrogens (tertiary/aromatic N) is 2. The van der Waals surface area contributed by atoms with Gasteiger partial charge in [-0.05, 0) is 36.8 Å². The van der Waals surface area contributed by atoms with Crippen LogP contribution >= 0.6 is 23.1 Å². The Bertz CT molecular complexity index is 877. The zero-order valence-corrected chi connectivity index (χ0v) is 17.0. The summed E-state index contributed by atoms with van der Waals surface area (Å²) in [5.74, 6) is 0.526. The van der Waals surface area contributed by atoms with Crippen LogP contribution in [0.4, 0.5) is 5.13 Å². The van der Waals surface area contributed by atoms with Gasteiger partial charge in [-0.2, -0.15) is 0 Å². The molecule has 0 spiro atoms. The molecular weight excluding hydrogens is 362 g/mol. The Morgan fingerprint density at radius 3 is 2.69 bits per heavy atom. The molecule has 1 aromatic heterocycles. The molecule has 0 aliphatic heterocycles. The maximum Gasteiger partial charge on any atom is 0.239 e. The number of thiazole rings is 1. The lowest BCUT2D eigenvalue weighted by molar-refractivity contribution is -0.856. The Morgan fingerprint density at radius 2 is 1.96 bits per heavy atom. The monoisotopic (exact) mass is 386 g/mol. The molecule has 0 aliphatic carbocycles. The van der Waals surface area contributed by atoms with Crippen LogP contribution in [-0.2, 0) is 4.79 Å². The molecule has 6 heteroatoms. The second kappa shape index (κ2) is 8.66. The molecule has 1 amide bonds. The van der Waals surface area contributed by atoms with Gasteiger partial charge in [0.25, 0.3) is 0 Å². The van der Waals surface area contributed by atoms with Crippen molar-refractivity contribution in [3.63, 3.8) is 0 Å². The first-order valence-electron chi connectivity index (χ1n) is 8.67. The van der Waals surface area contributed by atoms with Gasteiger partial charge in [0.15, 0.2) is 5.13 Å². The molecule has 2 aromatic carbocycles. The topological polar surface area (TPSA) is 37.6 Å². The summed E-state index contributed by atoms with van der Waals surface area (Å²) in [4.78, 5) is 21.9. The van der Waals surface area contributed by atoms with Gasteiger partial charge in [0.05, 0.1) is 43.2 Å². The lowest BCUT2D eigenvalue weighted by Gasteiger charge is -2.20. The van der Waals surface area contributed by atoms with Gasteiger partial charge in [0.2, 0.25) is 5.91 Å². The summed E-state index contributed by atoms with van der Waals surface area (Å²) >= 11 is 3.17. The van der Waals surface area contributed by atoms with Crippen molar-refractivity contribution in [2.75, 3.05) is 37.8 Å². The van der Waals surface area contributed by atoms with E-state index < -0.39 is 0 Å². The summed E-state index contributed by atoms with van der Waals surface area (Å²) in [5, 5.41) is 0.797. The van der Waals surface area contributed by atoms with Crippen LogP contribution in [0.2, 0.25) is 0 Å². The highest BCUT2D eigenvalue weighted by atomic mass is 32.2. The predicted octanol–water partition coefficient (Wildman–Crippen LogP) is 2.87. The number of likely N-dealkylation sites (N-methyl/N-ethyl adjacent to an activating group) is 1. The van der Waals surface area contributed by atoms with Crippen LogP contribution in [0.3, 0.4) is 0 Å². The number of hydrogen-bond acceptors (Lipinski definition) is 4. The minimum atomic E-state index is 0.107. The number of thioether (sulfide) groups is 1. The molecule has 26 heavy (non-hydrogen) atoms. The summed E-state index contributed by atoms with van der Waals surface area (Å²) in [6, 6.07) is 16.3. The highest BCUT2D eigenvalue weighted by molar-refractivity contribution is 8.00. The molecule has 3 rings (SSSR count). The molecule has 0 saturated carbocycles. The number of carbonyl (C=O) groups is 1. The van der Waals surface area contributed by atoms with Crippen molar-refractivity contribution in [1.82, 2.24) is 4.98 Å². The molecule has 0 atom stereocenters. The Morgan fingerprint density at radius 1 is 1.19 bits per heavy atom. The van der Waals surface area contributed by atoms with Gasteiger partial charge in [0.1, 0.15) is 0 Å². The number of aromatic nitrogens is 1. The van der Waals surface area contributed by atoms with Crippen LogP contribution in [0.5, 0.6) is 0 Å². The van der Waals surface area contributed by atoms with E-state index in [4.69, 9.17) is 4.98 Å². The van der Waals surface area contributed by atoms with Crippen LogP contribution in [0, 0.1) is 6.92 Å². The lowest BCUT2D eigenvalue weighted by Crippen LogP contribution is -3.06. The number of hydrogen-bond donors (Lipinski definition) is 1. The first-order chi connectivity index (χ1) is 12.5. The smallest absolute Gasteiger partial charge is 0.239 e. The minimum Gasteiger partial charge on any atom is -0.338 e. The van der Waals surface area contributed by atoms with E-state index in [0.29, 0.717) is 12.3 Å². The first kappa shape index (κ1) is 18.9. The van der Waals surface area contributed by atoms with E-state index in [2.05, 4.69) is 33.2 Å². The number of nitrogens with one attached hydrogen (secondary N) is 1. The largest absolute Gasteiger partial charge is 0.338 e. The number of carbonyl (C=O) groups excluding carboxylic acids is 1. The maximum absolute atomic E-state index is 12.9. The summed E-state index contributed by atoms with van der Waals surface area (Å²) in [7, 11) is 4.20. The van der Waals surface area contributed by atoms with Gasteiger partial charge < -0.3 is 4.90 Å². The van der Waals surface area contributed by atoms with Crippen LogP contribution < -0.4 is 9.80 Å². The summed E-state index contributed by atoms with van der Waals surface area (Å²) < 4.78 is 1.13. The summed E-state index contributed by atoms with van der Waals surface area (Å²) in [5.41, 5.74) is 2.17. The molecular formula is C20H24N3OS2+. The normalized spacial score (nSPS) is 11.2. The zero-order valence-electron chi connectivity index (χ0n) is 15.4. The fraction of sp³-hybridized carbons (Fsp3) is 0.300. The highest BCUT2D eigenvalue weighted by Gasteiger charge is 2.20. The van der Waals surface area contributed by atoms with E-state index in [1.165, 1.54) is 10.5 Å². The third-order valence-electron chi connectivity index (χ3n) is 4.01. The Labute approximate surface area is 162 Å². The third kappa shape index (κ3) is 4.84. The molecule has 1 N–H and O–H groups in total. The second-order valence-corrected chi connectivity index (χ2v) is 8.63. The SMILES string of the molecule is Cc1ccc2nc(N(CC[NH+](C)C)C(=O)CSc3ccccc3)sc2c1. The zero-order chi connectivity index (χ0) is 18.5. The van der Waals surface area contributed by atoms with Gasteiger partial charge in [0, 0.05) is 4.90 Å². The van der Waals surface area contributed by atoms with Gasteiger partial charge >= 0.3 is 0 Å². The fourth-order valence-corrected chi connectivity index (χ4v) is 4.44. The highest BCUT2D eigenvalue weighted by Crippen LogP contribution is 2.30. The Kier molecular flexibility index (Phi) is 6.29. The number of aryl methyl sites for hydroxylation is 1. The average Bonchev–Trinajstić information content (AvgIpc) is 3.03. The van der Waals surface area contributed by atoms with Gasteiger partial charge in [-0.3, -0.25) is 9.69 Å². The van der Waals surface area contributed by atoms with Crippen molar-refractivity contribution in [2.45, 2.75) is 11.8 Å². The molecule has 4 nitrogen and oxygen atoms in total. The first-order valence-corrected chi connectivity index (χ1v) is 10.5. The fourth-order valence-electron chi connectivity index (χ4n) is 2.54. The molecule has 0 bridgehead atoms. The third-order valence-corrected chi connectivity index (χ3v) is 6.04. The van der Waals surface area contributed by atoms with E-state index >= 15 is 0 Å². The van der Waals surface area contributed by atoms with E-state index in [9.17, 15) is 4.79 Å². The van der Waals surface area contributed by atoms with Gasteiger partial charge in [-0.1, -0.05) is 35.6 Å². The van der Waals surface area contributed by atoms with Crippen molar-refractivity contribution in [3.8, 4) is 0 Å². The molecule has 0 fully saturated rings. The number of quaternary nitrogens is 1. The molecule has 0 aliphatic rings. The second-order valence-electron chi connectivity index (χ2n) is 6.57.